The summed E-state index contributed by atoms with van der Waals surface area (Å²) < 4.78 is 5.31. The van der Waals surface area contributed by atoms with Crippen LogP contribution >= 0.6 is 11.8 Å². The van der Waals surface area contributed by atoms with Gasteiger partial charge in [-0.15, -0.1) is 0 Å². The van der Waals surface area contributed by atoms with Gasteiger partial charge in [-0.1, -0.05) is 13.8 Å². The highest BCUT2D eigenvalue weighted by molar-refractivity contribution is 7.98. The molecule has 0 saturated carbocycles. The van der Waals surface area contributed by atoms with Crippen molar-refractivity contribution in [3.05, 3.63) is 45.3 Å². The Hall–Kier alpha value is -1.30. The van der Waals surface area contributed by atoms with Crippen molar-refractivity contribution in [1.29, 1.82) is 0 Å². The predicted molar refractivity (Wildman–Crippen MR) is 90.6 cm³/mol. The van der Waals surface area contributed by atoms with Gasteiger partial charge in [-0.25, -0.2) is 4.79 Å². The van der Waals surface area contributed by atoms with E-state index in [1.54, 1.807) is 0 Å². The molecule has 0 radical (unpaired) electrons. The van der Waals surface area contributed by atoms with Crippen LogP contribution in [-0.2, 0) is 5.75 Å². The van der Waals surface area contributed by atoms with E-state index in [1.807, 2.05) is 13.0 Å². The van der Waals surface area contributed by atoms with Gasteiger partial charge in [0.2, 0.25) is 0 Å². The summed E-state index contributed by atoms with van der Waals surface area (Å²) in [5, 5.41) is 19.2. The van der Waals surface area contributed by atoms with Gasteiger partial charge < -0.3 is 14.6 Å². The van der Waals surface area contributed by atoms with Crippen molar-refractivity contribution in [3.63, 3.8) is 0 Å². The van der Waals surface area contributed by atoms with Gasteiger partial charge in [0.15, 0.2) is 0 Å². The van der Waals surface area contributed by atoms with Crippen LogP contribution in [0.4, 0.5) is 0 Å². The molecule has 0 amide bonds. The van der Waals surface area contributed by atoms with Crippen LogP contribution in [0.3, 0.4) is 0 Å². The zero-order valence-electron chi connectivity index (χ0n) is 13.1. The zero-order valence-corrected chi connectivity index (χ0v) is 13.9. The maximum absolute atomic E-state index is 11.7. The average Bonchev–Trinajstić information content (AvgIpc) is 2.45. The minimum atomic E-state index is -0.732. The number of hydrogen-bond donors (Lipinski definition) is 2. The summed E-state index contributed by atoms with van der Waals surface area (Å²) in [4.78, 5) is 11.7. The van der Waals surface area contributed by atoms with Gasteiger partial charge in [-0.05, 0) is 41.7 Å². The van der Waals surface area contributed by atoms with Crippen LogP contribution in [-0.4, -0.2) is 28.7 Å². The molecule has 120 valence electrons. The first kappa shape index (κ1) is 17.1. The van der Waals surface area contributed by atoms with E-state index < -0.39 is 6.10 Å². The van der Waals surface area contributed by atoms with Gasteiger partial charge in [0.25, 0.3) is 0 Å². The van der Waals surface area contributed by atoms with Crippen molar-refractivity contribution in [2.45, 2.75) is 38.5 Å². The topological polar surface area (TPSA) is 70.7 Å². The normalized spacial score (nSPS) is 13.0. The molecule has 0 saturated heterocycles. The van der Waals surface area contributed by atoms with Crippen LogP contribution in [0.1, 0.15) is 36.5 Å². The number of thioether (sulfide) groups is 1. The van der Waals surface area contributed by atoms with Crippen molar-refractivity contribution >= 4 is 22.7 Å². The minimum absolute atomic E-state index is 0.249. The lowest BCUT2D eigenvalue weighted by molar-refractivity contribution is 0.113. The van der Waals surface area contributed by atoms with Gasteiger partial charge in [0, 0.05) is 23.0 Å². The smallest absolute Gasteiger partial charge is 0.336 e. The first-order valence-corrected chi connectivity index (χ1v) is 8.51. The Labute approximate surface area is 134 Å². The Morgan fingerprint density at radius 1 is 1.27 bits per heavy atom. The van der Waals surface area contributed by atoms with Crippen LogP contribution in [0.2, 0.25) is 0 Å². The zero-order chi connectivity index (χ0) is 16.3. The third-order valence-corrected chi connectivity index (χ3v) is 4.75. The molecular formula is C17H22O4S. The van der Waals surface area contributed by atoms with E-state index in [0.29, 0.717) is 23.0 Å². The molecule has 0 aliphatic rings. The highest BCUT2D eigenvalue weighted by Crippen LogP contribution is 2.28. The summed E-state index contributed by atoms with van der Waals surface area (Å²) in [6, 6.07) is 5.53. The predicted octanol–water partition coefficient (Wildman–Crippen LogP) is 2.81. The number of rotatable bonds is 6. The van der Waals surface area contributed by atoms with E-state index in [4.69, 9.17) is 9.52 Å². The van der Waals surface area contributed by atoms with E-state index in [1.165, 1.54) is 23.4 Å². The molecule has 22 heavy (non-hydrogen) atoms. The summed E-state index contributed by atoms with van der Waals surface area (Å²) in [7, 11) is 0. The van der Waals surface area contributed by atoms with Gasteiger partial charge >= 0.3 is 5.63 Å². The standard InChI is InChI=1S/C17H22O4S/c1-10(2)14-6-15-12(8-22-9-13(19)7-18)5-17(20)21-16(15)4-11(14)3/h4-6,10,13,18-19H,7-9H2,1-3H3/t13-/m1/s1. The first-order valence-electron chi connectivity index (χ1n) is 7.36. The van der Waals surface area contributed by atoms with Crippen LogP contribution in [0.15, 0.2) is 27.4 Å². The number of fused-ring (bicyclic) bond motifs is 1. The molecular weight excluding hydrogens is 300 g/mol. The third kappa shape index (κ3) is 3.91. The second-order valence-corrected chi connectivity index (χ2v) is 6.83. The van der Waals surface area contributed by atoms with E-state index in [9.17, 15) is 9.90 Å². The van der Waals surface area contributed by atoms with Gasteiger partial charge in [-0.3, -0.25) is 0 Å². The monoisotopic (exact) mass is 322 g/mol. The fourth-order valence-electron chi connectivity index (χ4n) is 2.49. The Bertz CT molecular complexity index is 706. The van der Waals surface area contributed by atoms with Gasteiger partial charge in [0.05, 0.1) is 12.7 Å². The fourth-order valence-corrected chi connectivity index (χ4v) is 3.44. The van der Waals surface area contributed by atoms with Crippen LogP contribution in [0, 0.1) is 6.92 Å². The molecule has 2 aromatic rings. The minimum Gasteiger partial charge on any atom is -0.423 e. The number of benzene rings is 1. The lowest BCUT2D eigenvalue weighted by atomic mass is 9.95. The van der Waals surface area contributed by atoms with E-state index in [2.05, 4.69) is 19.9 Å². The molecule has 0 bridgehead atoms. The average molecular weight is 322 g/mol. The summed E-state index contributed by atoms with van der Waals surface area (Å²) in [5.74, 6) is 1.42. The second kappa shape index (κ2) is 7.31. The van der Waals surface area contributed by atoms with Crippen molar-refractivity contribution < 1.29 is 14.6 Å². The lowest BCUT2D eigenvalue weighted by Gasteiger charge is -2.13. The Morgan fingerprint density at radius 2 is 2.00 bits per heavy atom. The molecule has 2 N–H and O–H groups in total. The van der Waals surface area contributed by atoms with Crippen molar-refractivity contribution in [3.8, 4) is 0 Å². The molecule has 2 rings (SSSR count). The number of hydrogen-bond acceptors (Lipinski definition) is 5. The summed E-state index contributed by atoms with van der Waals surface area (Å²) in [5.41, 5.74) is 3.51. The molecule has 1 aromatic carbocycles. The van der Waals surface area contributed by atoms with Gasteiger partial charge in [0.1, 0.15) is 5.58 Å². The van der Waals surface area contributed by atoms with E-state index >= 15 is 0 Å². The Morgan fingerprint density at radius 3 is 2.64 bits per heavy atom. The summed E-state index contributed by atoms with van der Waals surface area (Å²) in [6.07, 6.45) is -0.732. The van der Waals surface area contributed by atoms with Crippen molar-refractivity contribution in [2.24, 2.45) is 0 Å². The molecule has 0 aliphatic carbocycles. The first-order chi connectivity index (χ1) is 10.4. The van der Waals surface area contributed by atoms with Crippen LogP contribution in [0.5, 0.6) is 0 Å². The molecule has 1 heterocycles. The highest BCUT2D eigenvalue weighted by atomic mass is 32.2. The molecule has 0 fully saturated rings. The summed E-state index contributed by atoms with van der Waals surface area (Å²) >= 11 is 1.49. The Kier molecular flexibility index (Phi) is 5.67. The molecule has 0 aliphatic heterocycles. The second-order valence-electron chi connectivity index (χ2n) is 5.80. The third-order valence-electron chi connectivity index (χ3n) is 3.62. The highest BCUT2D eigenvalue weighted by Gasteiger charge is 2.12. The lowest BCUT2D eigenvalue weighted by Crippen LogP contribution is -2.14. The molecule has 5 heteroatoms. The molecule has 0 unspecified atom stereocenters. The summed E-state index contributed by atoms with van der Waals surface area (Å²) in [6.45, 7) is 6.05. The molecule has 4 nitrogen and oxygen atoms in total. The van der Waals surface area contributed by atoms with Crippen molar-refractivity contribution in [1.82, 2.24) is 0 Å². The van der Waals surface area contributed by atoms with Gasteiger partial charge in [-0.2, -0.15) is 11.8 Å². The number of aryl methyl sites for hydroxylation is 1. The van der Waals surface area contributed by atoms with Crippen LogP contribution in [0.25, 0.3) is 11.0 Å². The number of aliphatic hydroxyl groups is 2. The molecule has 1 aromatic heterocycles. The quantitative estimate of drug-likeness (QED) is 0.800. The largest absolute Gasteiger partial charge is 0.423 e. The molecule has 1 atom stereocenters. The maximum atomic E-state index is 11.7. The SMILES string of the molecule is Cc1cc2oc(=O)cc(CSC[C@H](O)CO)c2cc1C(C)C. The van der Waals surface area contributed by atoms with Crippen molar-refractivity contribution in [2.75, 3.05) is 12.4 Å². The molecule has 0 spiro atoms. The van der Waals surface area contributed by atoms with E-state index in [-0.39, 0.29) is 12.2 Å². The van der Waals surface area contributed by atoms with E-state index in [0.717, 1.165) is 16.5 Å². The fraction of sp³-hybridized carbons (Fsp3) is 0.471. The maximum Gasteiger partial charge on any atom is 0.336 e. The van der Waals surface area contributed by atoms with Crippen LogP contribution < -0.4 is 5.63 Å². The Balaban J connectivity index is 2.39. The number of aliphatic hydroxyl groups excluding tert-OH is 2.